The Bertz CT molecular complexity index is 694. The maximum atomic E-state index is 5.71. The minimum atomic E-state index is 0.435. The molecule has 0 fully saturated rings. The van der Waals surface area contributed by atoms with Gasteiger partial charge >= 0.3 is 0 Å². The molecule has 0 aliphatic heterocycles. The zero-order valence-corrected chi connectivity index (χ0v) is 16.5. The van der Waals surface area contributed by atoms with Gasteiger partial charge in [-0.1, -0.05) is 59.2 Å². The second kappa shape index (κ2) is 8.89. The zero-order chi connectivity index (χ0) is 18.4. The molecule has 0 saturated heterocycles. The van der Waals surface area contributed by atoms with Crippen molar-refractivity contribution >= 4 is 12.2 Å². The lowest BCUT2D eigenvalue weighted by Crippen LogP contribution is -2.03. The molecule has 0 saturated carbocycles. The molecule has 25 heavy (non-hydrogen) atoms. The van der Waals surface area contributed by atoms with Crippen molar-refractivity contribution < 1.29 is 4.74 Å². The van der Waals surface area contributed by atoms with E-state index in [4.69, 9.17) is 9.72 Å². The largest absolute Gasteiger partial charge is 0.494 e. The van der Waals surface area contributed by atoms with E-state index in [2.05, 4.69) is 70.5 Å². The number of unbranched alkanes of at least 4 members (excludes halogenated alkanes) is 1. The Morgan fingerprint density at radius 3 is 2.24 bits per heavy atom. The van der Waals surface area contributed by atoms with Crippen molar-refractivity contribution in [2.45, 2.75) is 59.3 Å². The van der Waals surface area contributed by atoms with Crippen LogP contribution < -0.4 is 4.74 Å². The molecule has 0 aliphatic carbocycles. The maximum Gasteiger partial charge on any atom is 0.132 e. The molecule has 0 atom stereocenters. The molecule has 0 bridgehead atoms. The van der Waals surface area contributed by atoms with Crippen LogP contribution in [0.4, 0.5) is 0 Å². The summed E-state index contributed by atoms with van der Waals surface area (Å²) in [6.07, 6.45) is 6.47. The molecule has 0 unspecified atom stereocenters. The fraction of sp³-hybridized carbons (Fsp3) is 0.500. The van der Waals surface area contributed by atoms with Crippen LogP contribution in [0, 0.1) is 0 Å². The van der Waals surface area contributed by atoms with Gasteiger partial charge in [-0.2, -0.15) is 0 Å². The van der Waals surface area contributed by atoms with Gasteiger partial charge in [0.2, 0.25) is 0 Å². The summed E-state index contributed by atoms with van der Waals surface area (Å²) in [7, 11) is 2.11. The molecular weight excluding hydrogens is 308 g/mol. The molecule has 3 nitrogen and oxygen atoms in total. The average molecular weight is 341 g/mol. The standard InChI is InChI=1S/C22H32N2O/c1-7-8-15-25-19-12-9-18(10-13-19)11-14-20-23-21(16(2)3)22(17(4)5)24(20)6/h9-14,16-17H,7-8,15H2,1-6H3. The van der Waals surface area contributed by atoms with Crippen LogP contribution in [-0.2, 0) is 7.05 Å². The Morgan fingerprint density at radius 2 is 1.72 bits per heavy atom. The quantitative estimate of drug-likeness (QED) is 0.550. The summed E-state index contributed by atoms with van der Waals surface area (Å²) < 4.78 is 7.94. The highest BCUT2D eigenvalue weighted by Crippen LogP contribution is 2.27. The summed E-state index contributed by atoms with van der Waals surface area (Å²) in [4.78, 5) is 4.86. The number of rotatable bonds is 8. The third-order valence-corrected chi connectivity index (χ3v) is 4.37. The topological polar surface area (TPSA) is 27.1 Å². The zero-order valence-electron chi connectivity index (χ0n) is 16.5. The van der Waals surface area contributed by atoms with Gasteiger partial charge in [0.05, 0.1) is 12.3 Å². The second-order valence-corrected chi connectivity index (χ2v) is 7.21. The van der Waals surface area contributed by atoms with Crippen LogP contribution in [0.1, 0.15) is 82.1 Å². The maximum absolute atomic E-state index is 5.71. The van der Waals surface area contributed by atoms with Gasteiger partial charge in [0.15, 0.2) is 0 Å². The molecule has 136 valence electrons. The van der Waals surface area contributed by atoms with Gasteiger partial charge < -0.3 is 9.30 Å². The highest BCUT2D eigenvalue weighted by molar-refractivity contribution is 5.67. The Kier molecular flexibility index (Phi) is 6.86. The monoisotopic (exact) mass is 340 g/mol. The number of imidazole rings is 1. The Hall–Kier alpha value is -2.03. The SMILES string of the molecule is CCCCOc1ccc(C=Cc2nc(C(C)C)c(C(C)C)n2C)cc1. The van der Waals surface area contributed by atoms with Crippen molar-refractivity contribution in [2.24, 2.45) is 7.05 Å². The summed E-state index contributed by atoms with van der Waals surface area (Å²) in [5.74, 6) is 2.85. The van der Waals surface area contributed by atoms with E-state index in [9.17, 15) is 0 Å². The third kappa shape index (κ3) is 4.97. The molecule has 1 aromatic heterocycles. The van der Waals surface area contributed by atoms with Crippen LogP contribution >= 0.6 is 0 Å². The minimum absolute atomic E-state index is 0.435. The van der Waals surface area contributed by atoms with E-state index in [1.165, 1.54) is 11.4 Å². The normalized spacial score (nSPS) is 11.8. The first kappa shape index (κ1) is 19.3. The van der Waals surface area contributed by atoms with Crippen molar-refractivity contribution in [3.63, 3.8) is 0 Å². The van der Waals surface area contributed by atoms with E-state index < -0.39 is 0 Å². The first-order valence-corrected chi connectivity index (χ1v) is 9.41. The molecule has 3 heteroatoms. The van der Waals surface area contributed by atoms with Gasteiger partial charge in [0.1, 0.15) is 11.6 Å². The molecule has 2 rings (SSSR count). The molecule has 0 N–H and O–H groups in total. The molecular formula is C22H32N2O. The van der Waals surface area contributed by atoms with Gasteiger partial charge in [-0.25, -0.2) is 4.98 Å². The molecule has 0 spiro atoms. The summed E-state index contributed by atoms with van der Waals surface area (Å²) in [6, 6.07) is 8.25. The highest BCUT2D eigenvalue weighted by atomic mass is 16.5. The number of hydrogen-bond acceptors (Lipinski definition) is 2. The van der Waals surface area contributed by atoms with Gasteiger partial charge in [-0.15, -0.1) is 0 Å². The van der Waals surface area contributed by atoms with Crippen molar-refractivity contribution in [2.75, 3.05) is 6.61 Å². The van der Waals surface area contributed by atoms with Crippen molar-refractivity contribution in [3.8, 4) is 5.75 Å². The summed E-state index contributed by atoms with van der Waals surface area (Å²) >= 11 is 0. The first-order valence-electron chi connectivity index (χ1n) is 9.41. The van der Waals surface area contributed by atoms with Crippen molar-refractivity contribution in [1.82, 2.24) is 9.55 Å². The lowest BCUT2D eigenvalue weighted by Gasteiger charge is -2.11. The predicted octanol–water partition coefficient (Wildman–Crippen LogP) is 6.02. The number of nitrogens with zero attached hydrogens (tertiary/aromatic N) is 2. The van der Waals surface area contributed by atoms with Crippen molar-refractivity contribution in [1.29, 1.82) is 0 Å². The molecule has 1 aromatic carbocycles. The van der Waals surface area contributed by atoms with Gasteiger partial charge in [-0.3, -0.25) is 0 Å². The molecule has 1 heterocycles. The Balaban J connectivity index is 2.15. The van der Waals surface area contributed by atoms with E-state index in [1.807, 2.05) is 12.1 Å². The lowest BCUT2D eigenvalue weighted by atomic mass is 10.0. The first-order chi connectivity index (χ1) is 11.9. The fourth-order valence-corrected chi connectivity index (χ4v) is 2.99. The Morgan fingerprint density at radius 1 is 1.04 bits per heavy atom. The van der Waals surface area contributed by atoms with Crippen molar-refractivity contribution in [3.05, 3.63) is 47.0 Å². The second-order valence-electron chi connectivity index (χ2n) is 7.21. The Labute approximate surface area is 152 Å². The van der Waals surface area contributed by atoms with Gasteiger partial charge in [0.25, 0.3) is 0 Å². The lowest BCUT2D eigenvalue weighted by molar-refractivity contribution is 0.309. The molecule has 0 amide bonds. The van der Waals surface area contributed by atoms with Gasteiger partial charge in [0, 0.05) is 12.7 Å². The number of hydrogen-bond donors (Lipinski definition) is 0. The van der Waals surface area contributed by atoms with E-state index in [1.54, 1.807) is 0 Å². The van der Waals surface area contributed by atoms with Crippen LogP contribution in [0.3, 0.4) is 0 Å². The molecule has 0 radical (unpaired) electrons. The van der Waals surface area contributed by atoms with Crippen LogP contribution in [0.5, 0.6) is 5.75 Å². The summed E-state index contributed by atoms with van der Waals surface area (Å²) in [5.41, 5.74) is 3.69. The van der Waals surface area contributed by atoms with Crippen LogP contribution in [-0.4, -0.2) is 16.2 Å². The smallest absolute Gasteiger partial charge is 0.132 e. The highest BCUT2D eigenvalue weighted by Gasteiger charge is 2.18. The summed E-state index contributed by atoms with van der Waals surface area (Å²) in [5, 5.41) is 0. The van der Waals surface area contributed by atoms with Gasteiger partial charge in [-0.05, 0) is 42.0 Å². The van der Waals surface area contributed by atoms with E-state index in [0.717, 1.165) is 36.6 Å². The van der Waals surface area contributed by atoms with E-state index in [0.29, 0.717) is 11.8 Å². The molecule has 2 aromatic rings. The summed E-state index contributed by atoms with van der Waals surface area (Å²) in [6.45, 7) is 11.8. The fourth-order valence-electron chi connectivity index (χ4n) is 2.99. The third-order valence-electron chi connectivity index (χ3n) is 4.37. The van der Waals surface area contributed by atoms with E-state index in [-0.39, 0.29) is 0 Å². The van der Waals surface area contributed by atoms with Crippen LogP contribution in [0.25, 0.3) is 12.2 Å². The molecule has 0 aliphatic rings. The number of benzene rings is 1. The average Bonchev–Trinajstić information content (AvgIpc) is 2.91. The minimum Gasteiger partial charge on any atom is -0.494 e. The van der Waals surface area contributed by atoms with Crippen LogP contribution in [0.15, 0.2) is 24.3 Å². The number of ether oxygens (including phenoxy) is 1. The number of aromatic nitrogens is 2. The predicted molar refractivity (Wildman–Crippen MR) is 107 cm³/mol. The van der Waals surface area contributed by atoms with E-state index >= 15 is 0 Å². The van der Waals surface area contributed by atoms with Crippen LogP contribution in [0.2, 0.25) is 0 Å².